The number of aliphatic hydroxyl groups is 1. The maximum Gasteiger partial charge on any atom is 0.313 e. The van der Waals surface area contributed by atoms with Crippen LogP contribution in [-0.2, 0) is 9.53 Å². The van der Waals surface area contributed by atoms with E-state index in [1.807, 2.05) is 12.1 Å². The number of ether oxygens (including phenoxy) is 1. The normalized spacial score (nSPS) is 12.9. The first kappa shape index (κ1) is 17.7. The van der Waals surface area contributed by atoms with Crippen LogP contribution in [0.5, 0.6) is 0 Å². The molecule has 0 aliphatic heterocycles. The average Bonchev–Trinajstić information content (AvgIpc) is 2.63. The summed E-state index contributed by atoms with van der Waals surface area (Å²) in [6.45, 7) is 1.90. The van der Waals surface area contributed by atoms with Gasteiger partial charge >= 0.3 is 5.97 Å². The fourth-order valence-electron chi connectivity index (χ4n) is 2.35. The predicted octanol–water partition coefficient (Wildman–Crippen LogP) is 2.33. The molecule has 2 aromatic carbocycles. The Kier molecular flexibility index (Phi) is 6.51. The number of rotatable bonds is 7. The lowest BCUT2D eigenvalue weighted by atomic mass is 9.95. The standard InChI is InChI=1S/C19H21NO4/c1-2-24-19(23)16(17(21)14-9-5-3-6-10-14)13-20-18(22)15-11-7-4-8-12-15/h3-12,16-17,21H,2,13H2,1H3,(H,20,22)/t16-,17-/m1/s1. The third-order valence-corrected chi connectivity index (χ3v) is 3.63. The summed E-state index contributed by atoms with van der Waals surface area (Å²) in [6.07, 6.45) is -1.05. The first-order chi connectivity index (χ1) is 11.6. The number of carbonyl (C=O) groups excluding carboxylic acids is 2. The van der Waals surface area contributed by atoms with Gasteiger partial charge in [0, 0.05) is 12.1 Å². The molecular formula is C19H21NO4. The molecule has 0 bridgehead atoms. The lowest BCUT2D eigenvalue weighted by Gasteiger charge is -2.22. The van der Waals surface area contributed by atoms with Crippen molar-refractivity contribution in [2.45, 2.75) is 13.0 Å². The van der Waals surface area contributed by atoms with Gasteiger partial charge in [0.1, 0.15) is 5.92 Å². The van der Waals surface area contributed by atoms with Crippen LogP contribution < -0.4 is 5.32 Å². The number of hydrogen-bond acceptors (Lipinski definition) is 4. The summed E-state index contributed by atoms with van der Waals surface area (Å²) in [6, 6.07) is 17.6. The lowest BCUT2D eigenvalue weighted by Crippen LogP contribution is -2.37. The highest BCUT2D eigenvalue weighted by molar-refractivity contribution is 5.94. The molecule has 5 heteroatoms. The van der Waals surface area contributed by atoms with Crippen molar-refractivity contribution in [2.75, 3.05) is 13.2 Å². The van der Waals surface area contributed by atoms with Gasteiger partial charge in [-0.2, -0.15) is 0 Å². The SMILES string of the molecule is CCOC(=O)[C@H](CNC(=O)c1ccccc1)[C@H](O)c1ccccc1. The topological polar surface area (TPSA) is 75.6 Å². The number of benzene rings is 2. The van der Waals surface area contributed by atoms with Gasteiger partial charge in [-0.3, -0.25) is 9.59 Å². The molecule has 2 rings (SSSR count). The molecule has 0 aromatic heterocycles. The molecule has 24 heavy (non-hydrogen) atoms. The highest BCUT2D eigenvalue weighted by atomic mass is 16.5. The van der Waals surface area contributed by atoms with E-state index in [1.54, 1.807) is 55.5 Å². The van der Waals surface area contributed by atoms with Gasteiger partial charge in [-0.15, -0.1) is 0 Å². The Bertz CT molecular complexity index is 658. The molecule has 0 aliphatic rings. The number of aliphatic hydroxyl groups excluding tert-OH is 1. The maximum atomic E-state index is 12.2. The highest BCUT2D eigenvalue weighted by Gasteiger charge is 2.29. The minimum atomic E-state index is -1.05. The lowest BCUT2D eigenvalue weighted by molar-refractivity contribution is -0.151. The van der Waals surface area contributed by atoms with Crippen LogP contribution >= 0.6 is 0 Å². The number of esters is 1. The summed E-state index contributed by atoms with van der Waals surface area (Å²) in [7, 11) is 0. The zero-order valence-corrected chi connectivity index (χ0v) is 13.5. The molecule has 0 heterocycles. The van der Waals surface area contributed by atoms with Crippen LogP contribution in [0.2, 0.25) is 0 Å². The first-order valence-electron chi connectivity index (χ1n) is 7.86. The van der Waals surface area contributed by atoms with Crippen molar-refractivity contribution in [2.24, 2.45) is 5.92 Å². The molecule has 0 radical (unpaired) electrons. The molecule has 2 aromatic rings. The summed E-state index contributed by atoms with van der Waals surface area (Å²) in [5.41, 5.74) is 1.10. The van der Waals surface area contributed by atoms with Crippen molar-refractivity contribution in [3.8, 4) is 0 Å². The summed E-state index contributed by atoms with van der Waals surface area (Å²) in [4.78, 5) is 24.3. The van der Waals surface area contributed by atoms with Crippen molar-refractivity contribution in [3.05, 3.63) is 71.8 Å². The summed E-state index contributed by atoms with van der Waals surface area (Å²) < 4.78 is 5.03. The minimum Gasteiger partial charge on any atom is -0.466 e. The van der Waals surface area contributed by atoms with Gasteiger partial charge in [0.05, 0.1) is 12.7 Å². The molecular weight excluding hydrogens is 306 g/mol. The number of nitrogens with one attached hydrogen (secondary N) is 1. The van der Waals surface area contributed by atoms with E-state index in [1.165, 1.54) is 0 Å². The van der Waals surface area contributed by atoms with E-state index in [-0.39, 0.29) is 19.1 Å². The molecule has 1 amide bonds. The van der Waals surface area contributed by atoms with Crippen LogP contribution in [0, 0.1) is 5.92 Å². The van der Waals surface area contributed by atoms with Gasteiger partial charge in [-0.1, -0.05) is 48.5 Å². The van der Waals surface area contributed by atoms with Gasteiger partial charge in [0.2, 0.25) is 0 Å². The van der Waals surface area contributed by atoms with Crippen molar-refractivity contribution < 1.29 is 19.4 Å². The third kappa shape index (κ3) is 4.67. The zero-order valence-electron chi connectivity index (χ0n) is 13.5. The van der Waals surface area contributed by atoms with Crippen molar-refractivity contribution in [1.82, 2.24) is 5.32 Å². The van der Waals surface area contributed by atoms with E-state index < -0.39 is 18.0 Å². The maximum absolute atomic E-state index is 12.2. The number of hydrogen-bond donors (Lipinski definition) is 2. The zero-order chi connectivity index (χ0) is 17.4. The molecule has 0 saturated carbocycles. The van der Waals surface area contributed by atoms with Gasteiger partial charge < -0.3 is 15.2 Å². The van der Waals surface area contributed by atoms with E-state index in [4.69, 9.17) is 4.74 Å². The van der Waals surface area contributed by atoms with Crippen LogP contribution in [0.1, 0.15) is 28.9 Å². The molecule has 5 nitrogen and oxygen atoms in total. The van der Waals surface area contributed by atoms with Crippen LogP contribution in [0.4, 0.5) is 0 Å². The summed E-state index contributed by atoms with van der Waals surface area (Å²) in [5, 5.41) is 13.2. The molecule has 2 N–H and O–H groups in total. The Morgan fingerprint density at radius 1 is 1.04 bits per heavy atom. The Morgan fingerprint density at radius 2 is 1.62 bits per heavy atom. The van der Waals surface area contributed by atoms with Crippen LogP contribution in [-0.4, -0.2) is 30.1 Å². The predicted molar refractivity (Wildman–Crippen MR) is 90.3 cm³/mol. The molecule has 0 unspecified atom stereocenters. The van der Waals surface area contributed by atoms with Gasteiger partial charge in [0.15, 0.2) is 0 Å². The molecule has 2 atom stereocenters. The first-order valence-corrected chi connectivity index (χ1v) is 7.86. The fraction of sp³-hybridized carbons (Fsp3) is 0.263. The second kappa shape index (κ2) is 8.84. The van der Waals surface area contributed by atoms with Crippen molar-refractivity contribution in [3.63, 3.8) is 0 Å². The minimum absolute atomic E-state index is 0.0113. The quantitative estimate of drug-likeness (QED) is 0.765. The number of carbonyl (C=O) groups is 2. The highest BCUT2D eigenvalue weighted by Crippen LogP contribution is 2.23. The second-order valence-corrected chi connectivity index (χ2v) is 5.29. The molecule has 0 saturated heterocycles. The summed E-state index contributed by atoms with van der Waals surface area (Å²) >= 11 is 0. The van der Waals surface area contributed by atoms with Gasteiger partial charge in [-0.05, 0) is 24.6 Å². The summed E-state index contributed by atoms with van der Waals surface area (Å²) in [5.74, 6) is -1.72. The van der Waals surface area contributed by atoms with E-state index >= 15 is 0 Å². The Morgan fingerprint density at radius 3 is 2.21 bits per heavy atom. The van der Waals surface area contributed by atoms with E-state index in [9.17, 15) is 14.7 Å². The van der Waals surface area contributed by atoms with Crippen molar-refractivity contribution in [1.29, 1.82) is 0 Å². The smallest absolute Gasteiger partial charge is 0.313 e. The Balaban J connectivity index is 2.09. The van der Waals surface area contributed by atoms with Crippen LogP contribution in [0.3, 0.4) is 0 Å². The molecule has 0 spiro atoms. The largest absolute Gasteiger partial charge is 0.466 e. The van der Waals surface area contributed by atoms with E-state index in [0.717, 1.165) is 0 Å². The van der Waals surface area contributed by atoms with Gasteiger partial charge in [0.25, 0.3) is 5.91 Å². The molecule has 126 valence electrons. The van der Waals surface area contributed by atoms with E-state index in [0.29, 0.717) is 11.1 Å². The molecule has 0 fully saturated rings. The monoisotopic (exact) mass is 327 g/mol. The average molecular weight is 327 g/mol. The second-order valence-electron chi connectivity index (χ2n) is 5.29. The fourth-order valence-corrected chi connectivity index (χ4v) is 2.35. The Labute approximate surface area is 141 Å². The molecule has 0 aliphatic carbocycles. The van der Waals surface area contributed by atoms with E-state index in [2.05, 4.69) is 5.32 Å². The van der Waals surface area contributed by atoms with Crippen LogP contribution in [0.25, 0.3) is 0 Å². The Hall–Kier alpha value is -2.66. The van der Waals surface area contributed by atoms with Crippen molar-refractivity contribution >= 4 is 11.9 Å². The third-order valence-electron chi connectivity index (χ3n) is 3.63. The van der Waals surface area contributed by atoms with Gasteiger partial charge in [-0.25, -0.2) is 0 Å². The van der Waals surface area contributed by atoms with Crippen LogP contribution in [0.15, 0.2) is 60.7 Å². The number of amides is 1.